The summed E-state index contributed by atoms with van der Waals surface area (Å²) in [5, 5.41) is 8.88. The van der Waals surface area contributed by atoms with Crippen LogP contribution in [0.2, 0.25) is 0 Å². The van der Waals surface area contributed by atoms with E-state index in [9.17, 15) is 74.8 Å². The zero-order valence-electron chi connectivity index (χ0n) is 40.0. The number of fused-ring (bicyclic) bond motifs is 6. The van der Waals surface area contributed by atoms with Gasteiger partial charge in [0.25, 0.3) is 10.1 Å². The number of benzene rings is 4. The minimum absolute atomic E-state index is 0.0370. The smallest absolute Gasteiger partial charge is 0.303 e. The van der Waals surface area contributed by atoms with Gasteiger partial charge < -0.3 is 37.7 Å². The molecule has 4 aromatic rings. The first kappa shape index (κ1) is 57.3. The molecule has 0 saturated carbocycles. The lowest BCUT2D eigenvalue weighted by atomic mass is 9.74. The summed E-state index contributed by atoms with van der Waals surface area (Å²) in [6.45, 7) is 6.41. The van der Waals surface area contributed by atoms with Gasteiger partial charge in [-0.05, 0) is 117 Å². The number of rotatable bonds is 24. The summed E-state index contributed by atoms with van der Waals surface area (Å²) in [4.78, 5) is 9.41. The minimum atomic E-state index is -5.40. The highest BCUT2D eigenvalue weighted by atomic mass is 32.2. The van der Waals surface area contributed by atoms with Gasteiger partial charge in [0.15, 0.2) is 5.71 Å². The molecule has 2 aliphatic heterocycles. The van der Waals surface area contributed by atoms with Gasteiger partial charge >= 0.3 is 5.97 Å². The Morgan fingerprint density at radius 2 is 1.27 bits per heavy atom. The Morgan fingerprint density at radius 1 is 0.685 bits per heavy atom. The van der Waals surface area contributed by atoms with Crippen molar-refractivity contribution < 1.29 is 88.8 Å². The number of carbonyl (C=O) groups is 1. The lowest BCUT2D eigenvalue weighted by Gasteiger charge is -2.30. The first-order valence-electron chi connectivity index (χ1n) is 22.7. The van der Waals surface area contributed by atoms with Crippen molar-refractivity contribution in [3.63, 3.8) is 0 Å². The second kappa shape index (κ2) is 21.7. The normalized spacial score (nSPS) is 19.4. The summed E-state index contributed by atoms with van der Waals surface area (Å²) >= 11 is 0. The highest BCUT2D eigenvalue weighted by molar-refractivity contribution is 7.87. The zero-order valence-corrected chi connectivity index (χ0v) is 44.1. The van der Waals surface area contributed by atoms with Gasteiger partial charge in [-0.25, -0.2) is 33.7 Å². The van der Waals surface area contributed by atoms with Crippen LogP contribution in [0.3, 0.4) is 0 Å². The average molecular weight is 1110 g/mol. The number of hydrogen-bond acceptors (Lipinski definition) is 18. The maximum atomic E-state index is 12.6. The third-order valence-corrected chi connectivity index (χ3v) is 17.4. The number of hydrogen-bond donors (Lipinski definition) is 2. The van der Waals surface area contributed by atoms with E-state index in [1.165, 1.54) is 25.3 Å². The maximum Gasteiger partial charge on any atom is 0.303 e. The van der Waals surface area contributed by atoms with Gasteiger partial charge in [-0.2, -0.15) is 13.0 Å². The van der Waals surface area contributed by atoms with E-state index < -0.39 is 92.7 Å². The van der Waals surface area contributed by atoms with Crippen LogP contribution in [0, 0.1) is 0 Å². The highest BCUT2D eigenvalue weighted by Gasteiger charge is 2.49. The van der Waals surface area contributed by atoms with Gasteiger partial charge in [-0.3, -0.25) is 9.35 Å². The van der Waals surface area contributed by atoms with Crippen LogP contribution < -0.4 is 4.90 Å². The summed E-state index contributed by atoms with van der Waals surface area (Å²) < 4.78 is 197. The van der Waals surface area contributed by atoms with Crippen molar-refractivity contribution in [2.45, 2.75) is 96.1 Å². The van der Waals surface area contributed by atoms with E-state index in [1.54, 1.807) is 47.9 Å². The number of carboxylic acids is 1. The van der Waals surface area contributed by atoms with Crippen LogP contribution in [0.1, 0.15) is 76.8 Å². The quantitative estimate of drug-likeness (QED) is 0.0397. The van der Waals surface area contributed by atoms with Crippen LogP contribution in [-0.4, -0.2) is 132 Å². The molecule has 2 heterocycles. The molecule has 398 valence electrons. The number of allylic oxidation sites excluding steroid dienone is 6. The molecule has 2 aliphatic rings. The number of anilines is 1. The fourth-order valence-electron chi connectivity index (χ4n) is 10.00. The number of likely N-dealkylation sites (N-methyl/N-ethyl adjacent to an activating group) is 1. The van der Waals surface area contributed by atoms with E-state index in [-0.39, 0.29) is 79.2 Å². The molecule has 0 spiro atoms. The van der Waals surface area contributed by atoms with Gasteiger partial charge in [0.05, 0.1) is 44.0 Å². The van der Waals surface area contributed by atoms with E-state index >= 15 is 0 Å². The van der Waals surface area contributed by atoms with Crippen LogP contribution in [0.25, 0.3) is 21.5 Å². The molecule has 2 atom stereocenters. The van der Waals surface area contributed by atoms with E-state index in [2.05, 4.69) is 0 Å². The maximum absolute atomic E-state index is 12.6. The molecular weight excluding hydrogens is 1060 g/mol. The SMILES string of the molecule is CCN1C(=CC=CC=CC2=[N+](CCCCCC(=O)O)c3ccc4c(S(=O)(=O)[O-])cc(S(=O)(=O)[O-])cc4c3C2(C)CCCS(=O)(=O)O)C(C)(CCOCCOC)c2c1ccc1c(S(=O)(=O)[O-])cc(S(=O)(=O)[O-])cc21. The Labute approximate surface area is 424 Å². The van der Waals surface area contributed by atoms with Crippen molar-refractivity contribution in [1.29, 1.82) is 0 Å². The third-order valence-electron chi connectivity index (χ3n) is 13.2. The number of unbranched alkanes of at least 4 members (excludes halogenated alkanes) is 2. The van der Waals surface area contributed by atoms with Crippen molar-refractivity contribution in [1.82, 2.24) is 0 Å². The number of aliphatic carboxylic acids is 1. The summed E-state index contributed by atoms with van der Waals surface area (Å²) in [6.07, 6.45) is 9.27. The Balaban J connectivity index is 1.55. The largest absolute Gasteiger partial charge is 0.744 e. The summed E-state index contributed by atoms with van der Waals surface area (Å²) in [6, 6.07) is 8.80. The Hall–Kier alpha value is -4.97. The van der Waals surface area contributed by atoms with Gasteiger partial charge in [0, 0.05) is 73.0 Å². The van der Waals surface area contributed by atoms with Crippen LogP contribution in [0.4, 0.5) is 11.4 Å². The number of methoxy groups -OCH3 is 1. The molecule has 0 fully saturated rings. The van der Waals surface area contributed by atoms with Gasteiger partial charge in [-0.1, -0.05) is 24.3 Å². The fourth-order valence-corrected chi connectivity index (χ4v) is 13.1. The monoisotopic (exact) mass is 1110 g/mol. The lowest BCUT2D eigenvalue weighted by Crippen LogP contribution is -2.32. The molecule has 6 rings (SSSR count). The molecule has 73 heavy (non-hydrogen) atoms. The van der Waals surface area contributed by atoms with E-state index in [1.807, 2.05) is 18.7 Å². The van der Waals surface area contributed by atoms with Crippen molar-refractivity contribution in [3.05, 3.63) is 95.7 Å². The molecule has 21 nitrogen and oxygen atoms in total. The highest BCUT2D eigenvalue weighted by Crippen LogP contribution is 2.54. The van der Waals surface area contributed by atoms with E-state index in [0.29, 0.717) is 66.3 Å². The third kappa shape index (κ3) is 12.4. The number of nitrogens with zero attached hydrogens (tertiary/aromatic N) is 2. The first-order valence-corrected chi connectivity index (χ1v) is 29.9. The average Bonchev–Trinajstić information content (AvgIpc) is 3.66. The molecule has 2 N–H and O–H groups in total. The van der Waals surface area contributed by atoms with E-state index in [0.717, 1.165) is 12.1 Å². The minimum Gasteiger partial charge on any atom is -0.744 e. The molecule has 0 amide bonds. The number of carboxylic acid groups (broad SMARTS) is 1. The summed E-state index contributed by atoms with van der Waals surface area (Å²) in [5.41, 5.74) is 0.138. The molecule has 0 radical (unpaired) electrons. The van der Waals surface area contributed by atoms with Crippen molar-refractivity contribution in [2.75, 3.05) is 50.7 Å². The second-order valence-corrected chi connectivity index (χ2v) is 25.0. The van der Waals surface area contributed by atoms with Gasteiger partial charge in [0.1, 0.15) is 47.0 Å². The second-order valence-electron chi connectivity index (χ2n) is 18.0. The molecule has 0 bridgehead atoms. The molecule has 26 heteroatoms. The molecule has 0 aromatic heterocycles. The molecule has 0 saturated heterocycles. The Bertz CT molecular complexity index is 3570. The lowest BCUT2D eigenvalue weighted by molar-refractivity contribution is -0.438. The Morgan fingerprint density at radius 3 is 1.81 bits per heavy atom. The standard InChI is InChI=1S/C47H56N2O19S5/c1-5-48-37-18-16-33-35(27-31(70(55,56)57)29-39(33)72(61,62)63)44(37)47(3,21-23-68-25-24-67-4)41(48)13-8-6-9-14-42-46(2,20-12-26-69(52,53)54)45-36-28-32(71(58,59)60)30-40(73(64,65)66)34(36)17-19-38(45)49(42)22-11-7-10-15-43(50)51/h6,8-9,13-14,16-19,27-30H,5,7,10-12,15,20-26H2,1-4H3,(H5-,50,51,52,53,54,55,56,57,58,59,60,61,62,63,64,65,66)/p-3. The fraction of sp³-hybridized carbons (Fsp3) is 0.404. The molecule has 0 aliphatic carbocycles. The molecule has 4 aromatic carbocycles. The molecule has 2 unspecified atom stereocenters. The van der Waals surface area contributed by atoms with Crippen LogP contribution in [0.15, 0.2) is 104 Å². The van der Waals surface area contributed by atoms with Crippen LogP contribution in [-0.2, 0) is 75.7 Å². The van der Waals surface area contributed by atoms with Crippen molar-refractivity contribution >= 4 is 95.2 Å². The van der Waals surface area contributed by atoms with E-state index in [4.69, 9.17) is 9.47 Å². The van der Waals surface area contributed by atoms with Gasteiger partial charge in [-0.15, -0.1) is 0 Å². The first-order chi connectivity index (χ1) is 33.9. The van der Waals surface area contributed by atoms with Crippen molar-refractivity contribution in [2.24, 2.45) is 0 Å². The predicted molar refractivity (Wildman–Crippen MR) is 263 cm³/mol. The zero-order chi connectivity index (χ0) is 54.1. The topological polar surface area (TPSA) is 345 Å². The summed E-state index contributed by atoms with van der Waals surface area (Å²) in [5.74, 6) is -1.72. The summed E-state index contributed by atoms with van der Waals surface area (Å²) in [7, 11) is -24.4. The van der Waals surface area contributed by atoms with Crippen molar-refractivity contribution in [3.8, 4) is 0 Å². The van der Waals surface area contributed by atoms with Crippen LogP contribution in [0.5, 0.6) is 0 Å². The Kier molecular flexibility index (Phi) is 17.0. The van der Waals surface area contributed by atoms with Gasteiger partial charge in [0.2, 0.25) is 5.69 Å². The number of ether oxygens (including phenoxy) is 2. The molecular formula is C47H53N2O19S5-3. The van der Waals surface area contributed by atoms with Crippen LogP contribution >= 0.6 is 0 Å². The predicted octanol–water partition coefficient (Wildman–Crippen LogP) is 5.13.